The number of halogens is 1. The molecule has 0 aromatic heterocycles. The molecule has 0 aliphatic carbocycles. The molecule has 0 heterocycles. The van der Waals surface area contributed by atoms with Gasteiger partial charge in [0.25, 0.3) is 0 Å². The summed E-state index contributed by atoms with van der Waals surface area (Å²) in [5.74, 6) is 0.176. The molecule has 0 fully saturated rings. The minimum absolute atomic E-state index is 0.0491. The normalized spacial score (nSPS) is 10.4. The zero-order chi connectivity index (χ0) is 13.0. The fourth-order valence-corrected chi connectivity index (χ4v) is 1.64. The first-order chi connectivity index (χ1) is 7.90. The van der Waals surface area contributed by atoms with Gasteiger partial charge in [-0.3, -0.25) is 9.59 Å². The highest BCUT2D eigenvalue weighted by Crippen LogP contribution is 2.23. The van der Waals surface area contributed by atoms with Crippen molar-refractivity contribution in [3.63, 3.8) is 0 Å². The lowest BCUT2D eigenvalue weighted by atomic mass is 10.1. The first-order valence-electron chi connectivity index (χ1n) is 5.50. The molecular formula is C13H16ClNO2. The van der Waals surface area contributed by atoms with Crippen molar-refractivity contribution in [3.8, 4) is 0 Å². The number of benzene rings is 1. The van der Waals surface area contributed by atoms with Crippen LogP contribution in [-0.2, 0) is 4.79 Å². The second-order valence-electron chi connectivity index (χ2n) is 4.40. The third-order valence-electron chi connectivity index (χ3n) is 2.24. The second kappa shape index (κ2) is 5.82. The summed E-state index contributed by atoms with van der Waals surface area (Å²) in [5.41, 5.74) is 1.08. The Labute approximate surface area is 106 Å². The minimum Gasteiger partial charge on any atom is -0.325 e. The fourth-order valence-electron chi connectivity index (χ4n) is 1.41. The van der Waals surface area contributed by atoms with Crippen molar-refractivity contribution in [2.75, 3.05) is 5.32 Å². The predicted octanol–water partition coefficient (Wildman–Crippen LogP) is 3.53. The summed E-state index contributed by atoms with van der Waals surface area (Å²) < 4.78 is 0. The van der Waals surface area contributed by atoms with Crippen molar-refractivity contribution in [1.82, 2.24) is 0 Å². The van der Waals surface area contributed by atoms with Crippen LogP contribution in [0.3, 0.4) is 0 Å². The molecule has 3 nitrogen and oxygen atoms in total. The van der Waals surface area contributed by atoms with E-state index in [2.05, 4.69) is 5.32 Å². The molecule has 0 unspecified atom stereocenters. The summed E-state index contributed by atoms with van der Waals surface area (Å²) >= 11 is 5.99. The van der Waals surface area contributed by atoms with Crippen molar-refractivity contribution < 1.29 is 9.59 Å². The van der Waals surface area contributed by atoms with Crippen LogP contribution in [0.1, 0.15) is 37.6 Å². The molecule has 4 heteroatoms. The molecule has 0 saturated heterocycles. The monoisotopic (exact) mass is 253 g/mol. The van der Waals surface area contributed by atoms with Crippen molar-refractivity contribution in [2.45, 2.75) is 27.2 Å². The maximum Gasteiger partial charge on any atom is 0.224 e. The minimum atomic E-state index is -0.0718. The first-order valence-corrected chi connectivity index (χ1v) is 5.88. The van der Waals surface area contributed by atoms with Gasteiger partial charge < -0.3 is 5.32 Å². The molecule has 1 aromatic rings. The fraction of sp³-hybridized carbons (Fsp3) is 0.385. The number of hydrogen-bond acceptors (Lipinski definition) is 2. The number of anilines is 1. The quantitative estimate of drug-likeness (QED) is 0.835. The SMILES string of the molecule is CC(=O)c1ccc(NC(=O)CC(C)C)c(Cl)c1. The molecule has 0 spiro atoms. The van der Waals surface area contributed by atoms with Gasteiger partial charge >= 0.3 is 0 Å². The lowest BCUT2D eigenvalue weighted by molar-refractivity contribution is -0.116. The van der Waals surface area contributed by atoms with Crippen LogP contribution in [-0.4, -0.2) is 11.7 Å². The predicted molar refractivity (Wildman–Crippen MR) is 69.5 cm³/mol. The highest BCUT2D eigenvalue weighted by atomic mass is 35.5. The Morgan fingerprint density at radius 3 is 2.47 bits per heavy atom. The number of carbonyl (C=O) groups is 2. The van der Waals surface area contributed by atoms with Crippen LogP contribution < -0.4 is 5.32 Å². The van der Waals surface area contributed by atoms with E-state index >= 15 is 0 Å². The van der Waals surface area contributed by atoms with Crippen molar-refractivity contribution in [3.05, 3.63) is 28.8 Å². The van der Waals surface area contributed by atoms with E-state index in [0.29, 0.717) is 28.6 Å². The molecule has 92 valence electrons. The van der Waals surface area contributed by atoms with E-state index in [1.807, 2.05) is 13.8 Å². The largest absolute Gasteiger partial charge is 0.325 e. The van der Waals surface area contributed by atoms with Crippen LogP contribution in [0.5, 0.6) is 0 Å². The lowest BCUT2D eigenvalue weighted by Crippen LogP contribution is -2.14. The average Bonchev–Trinajstić information content (AvgIpc) is 2.19. The lowest BCUT2D eigenvalue weighted by Gasteiger charge is -2.09. The standard InChI is InChI=1S/C13H16ClNO2/c1-8(2)6-13(17)15-12-5-4-10(9(3)16)7-11(12)14/h4-5,7-8H,6H2,1-3H3,(H,15,17). The van der Waals surface area contributed by atoms with Gasteiger partial charge in [-0.25, -0.2) is 0 Å². The molecule has 1 N–H and O–H groups in total. The summed E-state index contributed by atoms with van der Waals surface area (Å²) in [5, 5.41) is 3.11. The van der Waals surface area contributed by atoms with E-state index in [1.165, 1.54) is 6.92 Å². The van der Waals surface area contributed by atoms with Crippen molar-refractivity contribution in [2.24, 2.45) is 5.92 Å². The van der Waals surface area contributed by atoms with Crippen LogP contribution in [0.4, 0.5) is 5.69 Å². The molecule has 1 rings (SSSR count). The molecule has 0 aliphatic rings. The summed E-state index contributed by atoms with van der Waals surface area (Å²) in [7, 11) is 0. The molecule has 0 saturated carbocycles. The average molecular weight is 254 g/mol. The molecule has 1 aromatic carbocycles. The zero-order valence-electron chi connectivity index (χ0n) is 10.2. The zero-order valence-corrected chi connectivity index (χ0v) is 11.0. The van der Waals surface area contributed by atoms with Gasteiger partial charge in [-0.05, 0) is 31.0 Å². The number of carbonyl (C=O) groups excluding carboxylic acids is 2. The maximum atomic E-state index is 11.6. The summed E-state index contributed by atoms with van der Waals surface area (Å²) in [4.78, 5) is 22.7. The highest BCUT2D eigenvalue weighted by Gasteiger charge is 2.09. The topological polar surface area (TPSA) is 46.2 Å². The summed E-state index contributed by atoms with van der Waals surface area (Å²) in [6.45, 7) is 5.42. The van der Waals surface area contributed by atoms with E-state index < -0.39 is 0 Å². The Hall–Kier alpha value is -1.35. The molecule has 17 heavy (non-hydrogen) atoms. The maximum absolute atomic E-state index is 11.6. The van der Waals surface area contributed by atoms with Gasteiger partial charge in [-0.1, -0.05) is 25.4 Å². The number of nitrogens with one attached hydrogen (secondary N) is 1. The van der Waals surface area contributed by atoms with E-state index in [9.17, 15) is 9.59 Å². The van der Waals surface area contributed by atoms with Gasteiger partial charge in [-0.15, -0.1) is 0 Å². The van der Waals surface area contributed by atoms with Gasteiger partial charge in [0.1, 0.15) is 0 Å². The Bertz CT molecular complexity index is 441. The van der Waals surface area contributed by atoms with Crippen LogP contribution >= 0.6 is 11.6 Å². The molecule has 0 bridgehead atoms. The number of Topliss-reactive ketones (excluding diaryl/α,β-unsaturated/α-hetero) is 1. The van der Waals surface area contributed by atoms with Crippen molar-refractivity contribution in [1.29, 1.82) is 0 Å². The van der Waals surface area contributed by atoms with E-state index in [0.717, 1.165) is 0 Å². The van der Waals surface area contributed by atoms with Gasteiger partial charge in [0.05, 0.1) is 10.7 Å². The second-order valence-corrected chi connectivity index (χ2v) is 4.80. The van der Waals surface area contributed by atoms with Gasteiger partial charge in [0.2, 0.25) is 5.91 Å². The number of rotatable bonds is 4. The van der Waals surface area contributed by atoms with Gasteiger partial charge in [0, 0.05) is 12.0 Å². The molecule has 0 radical (unpaired) electrons. The van der Waals surface area contributed by atoms with E-state index in [4.69, 9.17) is 11.6 Å². The Morgan fingerprint density at radius 2 is 2.00 bits per heavy atom. The molecule has 1 amide bonds. The summed E-state index contributed by atoms with van der Waals surface area (Å²) in [6.07, 6.45) is 0.449. The van der Waals surface area contributed by atoms with Crippen LogP contribution in [0, 0.1) is 5.92 Å². The summed E-state index contributed by atoms with van der Waals surface area (Å²) in [6, 6.07) is 4.87. The Kier molecular flexibility index (Phi) is 4.70. The molecular weight excluding hydrogens is 238 g/mol. The third kappa shape index (κ3) is 4.19. The molecule has 0 aliphatic heterocycles. The Morgan fingerprint density at radius 1 is 1.35 bits per heavy atom. The first kappa shape index (κ1) is 13.7. The van der Waals surface area contributed by atoms with Gasteiger partial charge in [0.15, 0.2) is 5.78 Å². The van der Waals surface area contributed by atoms with Crippen LogP contribution in [0.25, 0.3) is 0 Å². The third-order valence-corrected chi connectivity index (χ3v) is 2.56. The van der Waals surface area contributed by atoms with E-state index in [1.54, 1.807) is 18.2 Å². The van der Waals surface area contributed by atoms with Crippen molar-refractivity contribution >= 4 is 29.0 Å². The smallest absolute Gasteiger partial charge is 0.224 e. The number of hydrogen-bond donors (Lipinski definition) is 1. The van der Waals surface area contributed by atoms with Crippen LogP contribution in [0.15, 0.2) is 18.2 Å². The van der Waals surface area contributed by atoms with Crippen LogP contribution in [0.2, 0.25) is 5.02 Å². The highest BCUT2D eigenvalue weighted by molar-refractivity contribution is 6.34. The Balaban J connectivity index is 2.79. The number of amides is 1. The number of ketones is 1. The van der Waals surface area contributed by atoms with E-state index in [-0.39, 0.29) is 11.7 Å². The molecule has 0 atom stereocenters. The van der Waals surface area contributed by atoms with Gasteiger partial charge in [-0.2, -0.15) is 0 Å².